The summed E-state index contributed by atoms with van der Waals surface area (Å²) in [5.74, 6) is 0.738. The molecule has 0 spiro atoms. The Labute approximate surface area is 318 Å². The molecule has 2 heterocycles. The van der Waals surface area contributed by atoms with Gasteiger partial charge in [-0.2, -0.15) is 0 Å². The van der Waals surface area contributed by atoms with Gasteiger partial charge in [0.2, 0.25) is 5.91 Å². The minimum atomic E-state index is -0.854. The summed E-state index contributed by atoms with van der Waals surface area (Å²) in [6.07, 6.45) is 5.71. The number of amides is 1. The van der Waals surface area contributed by atoms with Crippen molar-refractivity contribution >= 4 is 11.6 Å². The molecule has 1 unspecified atom stereocenters. The fourth-order valence-corrected chi connectivity index (χ4v) is 7.44. The van der Waals surface area contributed by atoms with Gasteiger partial charge >= 0.3 is 0 Å². The van der Waals surface area contributed by atoms with Gasteiger partial charge in [0.15, 0.2) is 5.82 Å². The van der Waals surface area contributed by atoms with Crippen molar-refractivity contribution in [3.63, 3.8) is 0 Å². The number of rotatable bonds is 13. The molecule has 1 atom stereocenters. The monoisotopic (exact) mass is 713 g/mol. The highest BCUT2D eigenvalue weighted by molar-refractivity contribution is 6.02. The van der Waals surface area contributed by atoms with Crippen molar-refractivity contribution in [1.29, 1.82) is 0 Å². The second-order valence-electron chi connectivity index (χ2n) is 14.1. The molecule has 0 aliphatic carbocycles. The number of aliphatic imine (C=N–C) groups is 1. The van der Waals surface area contributed by atoms with Crippen LogP contribution in [0.1, 0.15) is 61.8 Å². The van der Waals surface area contributed by atoms with Crippen LogP contribution in [0.25, 0.3) is 22.5 Å². The highest BCUT2D eigenvalue weighted by Crippen LogP contribution is 2.43. The van der Waals surface area contributed by atoms with Crippen LogP contribution in [0.4, 0.5) is 0 Å². The molecule has 0 bridgehead atoms. The summed E-state index contributed by atoms with van der Waals surface area (Å²) in [4.78, 5) is 21.7. The number of aromatic nitrogens is 4. The van der Waals surface area contributed by atoms with E-state index in [0.717, 1.165) is 63.9 Å². The Hall–Kier alpha value is -6.15. The SMILES string of the molecule is CCCCC1N=C(C)C(CC(=O)N(C)C)=CN1Cc1ccc(-c2ccccc2-c2nnnn2C(c2ccccc2)(c2ccccc2)c2ccccc2)cc1. The lowest BCUT2D eigenvalue weighted by Gasteiger charge is -2.36. The first kappa shape index (κ1) is 36.2. The summed E-state index contributed by atoms with van der Waals surface area (Å²) in [5, 5.41) is 13.9. The van der Waals surface area contributed by atoms with Crippen LogP contribution in [-0.4, -0.2) is 61.9 Å². The number of unbranched alkanes of at least 4 members (excludes halogenated alkanes) is 1. The van der Waals surface area contributed by atoms with Gasteiger partial charge in [-0.3, -0.25) is 9.79 Å². The van der Waals surface area contributed by atoms with Gasteiger partial charge < -0.3 is 9.80 Å². The predicted molar refractivity (Wildman–Crippen MR) is 217 cm³/mol. The maximum absolute atomic E-state index is 12.7. The Balaban J connectivity index is 1.27. The molecule has 1 aromatic heterocycles. The second kappa shape index (κ2) is 16.3. The summed E-state index contributed by atoms with van der Waals surface area (Å²) >= 11 is 0. The smallest absolute Gasteiger partial charge is 0.226 e. The fraction of sp³-hybridized carbons (Fsp3) is 0.239. The lowest BCUT2D eigenvalue weighted by molar-refractivity contribution is -0.127. The van der Waals surface area contributed by atoms with Crippen LogP contribution in [0, 0.1) is 0 Å². The van der Waals surface area contributed by atoms with Crippen LogP contribution in [0.15, 0.2) is 156 Å². The molecule has 0 radical (unpaired) electrons. The van der Waals surface area contributed by atoms with Crippen molar-refractivity contribution in [2.24, 2.45) is 4.99 Å². The van der Waals surface area contributed by atoms with Crippen molar-refractivity contribution in [1.82, 2.24) is 30.0 Å². The minimum absolute atomic E-state index is 0.0431. The maximum Gasteiger partial charge on any atom is 0.226 e. The van der Waals surface area contributed by atoms with E-state index in [0.29, 0.717) is 18.8 Å². The van der Waals surface area contributed by atoms with E-state index in [-0.39, 0.29) is 12.1 Å². The average Bonchev–Trinajstić information content (AvgIpc) is 3.70. The van der Waals surface area contributed by atoms with E-state index in [4.69, 9.17) is 15.3 Å². The van der Waals surface area contributed by atoms with Gasteiger partial charge in [0, 0.05) is 38.1 Å². The molecule has 6 aromatic rings. The lowest BCUT2D eigenvalue weighted by atomic mass is 9.77. The molecule has 54 heavy (non-hydrogen) atoms. The first-order chi connectivity index (χ1) is 26.4. The van der Waals surface area contributed by atoms with Gasteiger partial charge in [-0.05, 0) is 69.1 Å². The van der Waals surface area contributed by atoms with Gasteiger partial charge in [0.1, 0.15) is 11.7 Å². The molecule has 0 saturated heterocycles. The van der Waals surface area contributed by atoms with E-state index >= 15 is 0 Å². The van der Waals surface area contributed by atoms with Gasteiger partial charge in [0.25, 0.3) is 0 Å². The maximum atomic E-state index is 12.7. The molecule has 272 valence electrons. The van der Waals surface area contributed by atoms with Gasteiger partial charge in [-0.25, -0.2) is 4.68 Å². The van der Waals surface area contributed by atoms with E-state index in [1.165, 1.54) is 5.56 Å². The van der Waals surface area contributed by atoms with Crippen LogP contribution in [-0.2, 0) is 16.9 Å². The topological polar surface area (TPSA) is 79.5 Å². The Morgan fingerprint density at radius 2 is 1.30 bits per heavy atom. The summed E-state index contributed by atoms with van der Waals surface area (Å²) in [7, 11) is 3.60. The first-order valence-electron chi connectivity index (χ1n) is 18.8. The first-order valence-corrected chi connectivity index (χ1v) is 18.8. The zero-order valence-corrected chi connectivity index (χ0v) is 31.5. The summed E-state index contributed by atoms with van der Waals surface area (Å²) in [5.41, 5.74) is 8.43. The third kappa shape index (κ3) is 7.24. The fourth-order valence-electron chi connectivity index (χ4n) is 7.44. The summed E-state index contributed by atoms with van der Waals surface area (Å²) in [6, 6.07) is 48.5. The highest BCUT2D eigenvalue weighted by Gasteiger charge is 2.42. The predicted octanol–water partition coefficient (Wildman–Crippen LogP) is 9.00. The van der Waals surface area contributed by atoms with Gasteiger partial charge in [-0.15, -0.1) is 5.10 Å². The summed E-state index contributed by atoms with van der Waals surface area (Å²) in [6.45, 7) is 4.93. The van der Waals surface area contributed by atoms with Gasteiger partial charge in [0.05, 0.1) is 6.42 Å². The number of tetrazole rings is 1. The zero-order valence-electron chi connectivity index (χ0n) is 31.5. The number of benzene rings is 5. The normalized spacial score (nSPS) is 14.4. The van der Waals surface area contributed by atoms with Crippen molar-refractivity contribution in [3.05, 3.63) is 174 Å². The van der Waals surface area contributed by atoms with E-state index in [2.05, 4.69) is 138 Å². The molecule has 1 aliphatic rings. The highest BCUT2D eigenvalue weighted by atomic mass is 16.2. The van der Waals surface area contributed by atoms with Crippen LogP contribution in [0.3, 0.4) is 0 Å². The van der Waals surface area contributed by atoms with E-state index in [1.807, 2.05) is 35.9 Å². The molecule has 1 aliphatic heterocycles. The van der Waals surface area contributed by atoms with E-state index in [9.17, 15) is 4.79 Å². The quantitative estimate of drug-likeness (QED) is 0.112. The average molecular weight is 714 g/mol. The molecule has 0 fully saturated rings. The van der Waals surface area contributed by atoms with Crippen molar-refractivity contribution in [2.75, 3.05) is 14.1 Å². The lowest BCUT2D eigenvalue weighted by Crippen LogP contribution is -2.39. The van der Waals surface area contributed by atoms with Crippen molar-refractivity contribution in [3.8, 4) is 22.5 Å². The Bertz CT molecular complexity index is 2130. The standard InChI is InChI=1S/C46H47N7O/c1-5-6-26-43-47-34(2)37(31-44(54)51(3)4)33-52(43)32-35-27-29-36(30-28-35)41-24-16-17-25-42(41)45-48-49-50-53(45)46(38-18-10-7-11-19-38,39-20-12-8-13-21-39)40-22-14-9-15-23-40/h7-25,27-30,33,43H,5-6,26,31-32H2,1-4H3. The third-order valence-corrected chi connectivity index (χ3v) is 10.3. The number of hydrogen-bond acceptors (Lipinski definition) is 6. The number of carbonyl (C=O) groups excluding carboxylic acids is 1. The summed E-state index contributed by atoms with van der Waals surface area (Å²) < 4.78 is 1.99. The van der Waals surface area contributed by atoms with E-state index < -0.39 is 5.54 Å². The zero-order chi connectivity index (χ0) is 37.5. The molecule has 5 aromatic carbocycles. The molecule has 8 heteroatoms. The van der Waals surface area contributed by atoms with Gasteiger partial charge in [-0.1, -0.05) is 153 Å². The van der Waals surface area contributed by atoms with E-state index in [1.54, 1.807) is 19.0 Å². The molecule has 0 saturated carbocycles. The van der Waals surface area contributed by atoms with Crippen LogP contribution in [0.5, 0.6) is 0 Å². The molecular formula is C46H47N7O. The van der Waals surface area contributed by atoms with Crippen LogP contribution < -0.4 is 0 Å². The van der Waals surface area contributed by atoms with Crippen LogP contribution >= 0.6 is 0 Å². The molecule has 0 N–H and O–H groups in total. The number of nitrogens with zero attached hydrogens (tertiary/aromatic N) is 7. The largest absolute Gasteiger partial charge is 0.351 e. The second-order valence-corrected chi connectivity index (χ2v) is 14.1. The Kier molecular flexibility index (Phi) is 10.9. The molecule has 1 amide bonds. The Morgan fingerprint density at radius 1 is 0.741 bits per heavy atom. The van der Waals surface area contributed by atoms with Crippen LogP contribution in [0.2, 0.25) is 0 Å². The Morgan fingerprint density at radius 3 is 1.85 bits per heavy atom. The van der Waals surface area contributed by atoms with Crippen molar-refractivity contribution in [2.45, 2.75) is 57.8 Å². The minimum Gasteiger partial charge on any atom is -0.351 e. The number of hydrogen-bond donors (Lipinski definition) is 0. The van der Waals surface area contributed by atoms with Crippen molar-refractivity contribution < 1.29 is 4.79 Å². The molecular weight excluding hydrogens is 667 g/mol. The third-order valence-electron chi connectivity index (χ3n) is 10.3. The molecule has 8 nitrogen and oxygen atoms in total. The molecule has 7 rings (SSSR count). The number of carbonyl (C=O) groups is 1.